The third-order valence-corrected chi connectivity index (χ3v) is 8.79. The fraction of sp³-hybridized carbons (Fsp3) is 0.0417. The second kappa shape index (κ2) is 15.2. The first-order valence-electron chi connectivity index (χ1n) is 17.1. The zero-order chi connectivity index (χ0) is 34.1. The third kappa shape index (κ3) is 7.51. The van der Waals surface area contributed by atoms with Crippen molar-refractivity contribution >= 4 is 52.4 Å². The van der Waals surface area contributed by atoms with Gasteiger partial charge in [0.1, 0.15) is 0 Å². The Bertz CT molecular complexity index is 2180. The summed E-state index contributed by atoms with van der Waals surface area (Å²) < 4.78 is 0. The van der Waals surface area contributed by atoms with Crippen LogP contribution in [0.1, 0.15) is 29.2 Å². The van der Waals surface area contributed by atoms with Crippen LogP contribution in [-0.4, -0.2) is 0 Å². The fourth-order valence-corrected chi connectivity index (χ4v) is 6.28. The van der Waals surface area contributed by atoms with Gasteiger partial charge < -0.3 is 9.80 Å². The summed E-state index contributed by atoms with van der Waals surface area (Å²) >= 11 is 0. The Morgan fingerprint density at radius 2 is 0.720 bits per heavy atom. The first-order chi connectivity index (χ1) is 24.6. The van der Waals surface area contributed by atoms with E-state index in [1.54, 1.807) is 0 Å². The topological polar surface area (TPSA) is 6.48 Å². The molecule has 7 aromatic carbocycles. The Morgan fingerprint density at radius 1 is 0.340 bits per heavy atom. The van der Waals surface area contributed by atoms with Crippen molar-refractivity contribution in [3.05, 3.63) is 210 Å². The summed E-state index contributed by atoms with van der Waals surface area (Å²) in [5.41, 5.74) is 13.9. The van der Waals surface area contributed by atoms with Gasteiger partial charge in [-0.15, -0.1) is 0 Å². The predicted octanol–water partition coefficient (Wildman–Crippen LogP) is 13.8. The number of para-hydroxylation sites is 2. The van der Waals surface area contributed by atoms with Crippen molar-refractivity contribution in [1.29, 1.82) is 0 Å². The molecule has 2 heteroatoms. The molecule has 0 amide bonds. The van der Waals surface area contributed by atoms with Crippen LogP contribution in [0.4, 0.5) is 34.1 Å². The van der Waals surface area contributed by atoms with Gasteiger partial charge in [0.25, 0.3) is 0 Å². The van der Waals surface area contributed by atoms with E-state index in [9.17, 15) is 0 Å². The number of benzene rings is 7. The van der Waals surface area contributed by atoms with Crippen molar-refractivity contribution in [2.75, 3.05) is 9.80 Å². The van der Waals surface area contributed by atoms with E-state index < -0.39 is 0 Å². The number of nitrogens with zero attached hydrogens (tertiary/aromatic N) is 2. The molecule has 0 bridgehead atoms. The summed E-state index contributed by atoms with van der Waals surface area (Å²) in [5, 5.41) is 0. The monoisotopic (exact) mass is 644 g/mol. The molecule has 0 spiro atoms. The molecule has 7 aromatic rings. The molecular weight excluding hydrogens is 605 g/mol. The molecule has 0 saturated heterocycles. The largest absolute Gasteiger partial charge is 0.311 e. The molecule has 242 valence electrons. The van der Waals surface area contributed by atoms with Crippen molar-refractivity contribution < 1.29 is 0 Å². The molecule has 0 aliphatic heterocycles. The van der Waals surface area contributed by atoms with Crippen LogP contribution in [-0.2, 0) is 0 Å². The van der Waals surface area contributed by atoms with Crippen LogP contribution in [0, 0.1) is 6.92 Å². The summed E-state index contributed by atoms with van der Waals surface area (Å²) in [5.74, 6) is 0. The molecule has 0 radical (unpaired) electrons. The van der Waals surface area contributed by atoms with Crippen molar-refractivity contribution in [1.82, 2.24) is 0 Å². The quantitative estimate of drug-likeness (QED) is 0.137. The minimum Gasteiger partial charge on any atom is -0.311 e. The summed E-state index contributed by atoms with van der Waals surface area (Å²) in [6, 6.07) is 64.8. The van der Waals surface area contributed by atoms with Crippen LogP contribution in [0.5, 0.6) is 0 Å². The zero-order valence-electron chi connectivity index (χ0n) is 28.5. The Morgan fingerprint density at radius 3 is 1.14 bits per heavy atom. The number of allylic oxidation sites excluding steroid dienone is 1. The van der Waals surface area contributed by atoms with Crippen molar-refractivity contribution in [3.8, 4) is 11.1 Å². The van der Waals surface area contributed by atoms with Gasteiger partial charge in [-0.05, 0) is 114 Å². The minimum atomic E-state index is 1.11. The number of anilines is 6. The predicted molar refractivity (Wildman–Crippen MR) is 216 cm³/mol. The van der Waals surface area contributed by atoms with E-state index in [-0.39, 0.29) is 0 Å². The van der Waals surface area contributed by atoms with Gasteiger partial charge in [-0.3, -0.25) is 0 Å². The Labute approximate surface area is 296 Å². The smallest absolute Gasteiger partial charge is 0.0462 e. The van der Waals surface area contributed by atoms with Crippen molar-refractivity contribution in [2.45, 2.75) is 13.8 Å². The van der Waals surface area contributed by atoms with Crippen LogP contribution in [0.25, 0.3) is 29.4 Å². The third-order valence-electron chi connectivity index (χ3n) is 8.79. The van der Waals surface area contributed by atoms with E-state index in [0.717, 1.165) is 34.1 Å². The second-order valence-corrected chi connectivity index (χ2v) is 12.4. The molecule has 0 fully saturated rings. The second-order valence-electron chi connectivity index (χ2n) is 12.4. The first-order valence-corrected chi connectivity index (χ1v) is 17.1. The maximum absolute atomic E-state index is 2.31. The highest BCUT2D eigenvalue weighted by Crippen LogP contribution is 2.38. The van der Waals surface area contributed by atoms with E-state index in [2.05, 4.69) is 223 Å². The van der Waals surface area contributed by atoms with Gasteiger partial charge in [-0.25, -0.2) is 0 Å². The van der Waals surface area contributed by atoms with E-state index in [4.69, 9.17) is 0 Å². The molecule has 0 heterocycles. The van der Waals surface area contributed by atoms with E-state index in [1.165, 1.54) is 33.4 Å². The van der Waals surface area contributed by atoms with Crippen LogP contribution in [0.2, 0.25) is 0 Å². The van der Waals surface area contributed by atoms with Gasteiger partial charge in [0.05, 0.1) is 0 Å². The molecule has 2 nitrogen and oxygen atoms in total. The standard InChI is InChI=1S/C48H40N2/c1-3-11-38-20-28-45(29-21-38)49(43-14-6-4-7-15-43)47-32-24-41(25-33-47)42-26-34-48(35-27-42)50(44-16-8-5-9-17-44)46-30-22-39(23-31-46)18-19-40-13-10-12-37(2)36-40/h3-36H,1-2H3. The summed E-state index contributed by atoms with van der Waals surface area (Å²) in [7, 11) is 0. The lowest BCUT2D eigenvalue weighted by Crippen LogP contribution is -2.10. The van der Waals surface area contributed by atoms with Gasteiger partial charge in [0.15, 0.2) is 0 Å². The van der Waals surface area contributed by atoms with E-state index in [0.29, 0.717) is 0 Å². The first kappa shape index (κ1) is 32.2. The minimum absolute atomic E-state index is 1.11. The highest BCUT2D eigenvalue weighted by Gasteiger charge is 2.14. The lowest BCUT2D eigenvalue weighted by Gasteiger charge is -2.26. The van der Waals surface area contributed by atoms with Gasteiger partial charge in [-0.1, -0.05) is 139 Å². The number of hydrogen-bond donors (Lipinski definition) is 0. The van der Waals surface area contributed by atoms with Gasteiger partial charge in [0.2, 0.25) is 0 Å². The van der Waals surface area contributed by atoms with Crippen LogP contribution >= 0.6 is 0 Å². The lowest BCUT2D eigenvalue weighted by atomic mass is 10.0. The fourth-order valence-electron chi connectivity index (χ4n) is 6.28. The van der Waals surface area contributed by atoms with Crippen molar-refractivity contribution in [2.24, 2.45) is 0 Å². The lowest BCUT2D eigenvalue weighted by molar-refractivity contribution is 1.28. The highest BCUT2D eigenvalue weighted by atomic mass is 15.1. The molecule has 0 N–H and O–H groups in total. The molecule has 0 saturated carbocycles. The molecule has 50 heavy (non-hydrogen) atoms. The number of hydrogen-bond acceptors (Lipinski definition) is 2. The normalized spacial score (nSPS) is 11.2. The Kier molecular flexibility index (Phi) is 9.80. The van der Waals surface area contributed by atoms with Crippen LogP contribution in [0.3, 0.4) is 0 Å². The molecule has 0 unspecified atom stereocenters. The molecule has 0 aliphatic carbocycles. The Hall–Kier alpha value is -6.38. The average molecular weight is 645 g/mol. The molecule has 7 rings (SSSR count). The summed E-state index contributed by atoms with van der Waals surface area (Å²) in [6.07, 6.45) is 8.53. The van der Waals surface area contributed by atoms with Crippen LogP contribution in [0.15, 0.2) is 188 Å². The summed E-state index contributed by atoms with van der Waals surface area (Å²) in [6.45, 7) is 4.17. The molecule has 0 aliphatic rings. The van der Waals surface area contributed by atoms with Gasteiger partial charge in [0, 0.05) is 34.1 Å². The Balaban J connectivity index is 1.14. The van der Waals surface area contributed by atoms with Gasteiger partial charge >= 0.3 is 0 Å². The van der Waals surface area contributed by atoms with Gasteiger partial charge in [-0.2, -0.15) is 0 Å². The highest BCUT2D eigenvalue weighted by molar-refractivity contribution is 5.81. The zero-order valence-corrected chi connectivity index (χ0v) is 28.5. The average Bonchev–Trinajstić information content (AvgIpc) is 3.17. The summed E-state index contributed by atoms with van der Waals surface area (Å²) in [4.78, 5) is 4.61. The molecule has 0 atom stereocenters. The van der Waals surface area contributed by atoms with Crippen LogP contribution < -0.4 is 9.80 Å². The number of rotatable bonds is 10. The molecular formula is C48H40N2. The van der Waals surface area contributed by atoms with E-state index >= 15 is 0 Å². The SMILES string of the molecule is CC=Cc1ccc(N(c2ccccc2)c2ccc(-c3ccc(N(c4ccccc4)c4ccc(C=Cc5cccc(C)c5)cc4)cc3)cc2)cc1. The van der Waals surface area contributed by atoms with E-state index in [1.807, 2.05) is 6.92 Å². The maximum atomic E-state index is 2.31. The van der Waals surface area contributed by atoms with Crippen molar-refractivity contribution in [3.63, 3.8) is 0 Å². The molecule has 0 aromatic heterocycles. The maximum Gasteiger partial charge on any atom is 0.0462 e. The number of aryl methyl sites for hydroxylation is 1.